The topological polar surface area (TPSA) is 46.1 Å². The number of nitrogens with zero attached hydrogens (tertiary/aromatic N) is 3. The smallest absolute Gasteiger partial charge is 0.271 e. The zero-order valence-corrected chi connectivity index (χ0v) is 14.9. The summed E-state index contributed by atoms with van der Waals surface area (Å²) in [6, 6.07) is 11.6. The van der Waals surface area contributed by atoms with Gasteiger partial charge in [-0.25, -0.2) is 14.4 Å². The fourth-order valence-electron chi connectivity index (χ4n) is 2.49. The van der Waals surface area contributed by atoms with Gasteiger partial charge in [0.05, 0.1) is 5.69 Å². The first-order chi connectivity index (χ1) is 12.1. The highest BCUT2D eigenvalue weighted by atomic mass is 32.1. The van der Waals surface area contributed by atoms with Crippen LogP contribution in [-0.4, -0.2) is 22.4 Å². The Kier molecular flexibility index (Phi) is 5.19. The van der Waals surface area contributed by atoms with Crippen molar-refractivity contribution in [1.29, 1.82) is 0 Å². The Hall–Kier alpha value is -2.60. The van der Waals surface area contributed by atoms with E-state index in [4.69, 9.17) is 0 Å². The van der Waals surface area contributed by atoms with Crippen LogP contribution in [0.25, 0.3) is 10.6 Å². The fraction of sp³-hybridized carbons (Fsp3) is 0.211. The van der Waals surface area contributed by atoms with E-state index in [1.165, 1.54) is 23.5 Å². The number of halogens is 1. The Balaban J connectivity index is 1.94. The predicted molar refractivity (Wildman–Crippen MR) is 98.4 cm³/mol. The number of carbonyl (C=O) groups excluding carboxylic acids is 1. The van der Waals surface area contributed by atoms with E-state index in [0.29, 0.717) is 27.9 Å². The van der Waals surface area contributed by atoms with Crippen LogP contribution in [0.15, 0.2) is 48.7 Å². The summed E-state index contributed by atoms with van der Waals surface area (Å²) >= 11 is 1.32. The highest BCUT2D eigenvalue weighted by Gasteiger charge is 2.23. The molecule has 0 radical (unpaired) electrons. The van der Waals surface area contributed by atoms with Crippen molar-refractivity contribution in [2.75, 3.05) is 11.4 Å². The third kappa shape index (κ3) is 3.74. The number of aromatic nitrogens is 2. The summed E-state index contributed by atoms with van der Waals surface area (Å²) in [5.74, 6) is 0.229. The second kappa shape index (κ2) is 7.53. The minimum absolute atomic E-state index is 0.107. The molecule has 0 unspecified atom stereocenters. The fourth-order valence-corrected chi connectivity index (χ4v) is 3.51. The van der Waals surface area contributed by atoms with Crippen LogP contribution in [0.5, 0.6) is 0 Å². The second-order valence-corrected chi connectivity index (χ2v) is 6.58. The van der Waals surface area contributed by atoms with Gasteiger partial charge >= 0.3 is 0 Å². The average molecular weight is 355 g/mol. The molecule has 0 aliphatic heterocycles. The number of benzene rings is 1. The SMILES string of the molecule is CCCN(C(=O)c1sc(-c2ccc(F)cc2)nc1C)c1ccccn1. The van der Waals surface area contributed by atoms with E-state index >= 15 is 0 Å². The summed E-state index contributed by atoms with van der Waals surface area (Å²) in [5.41, 5.74) is 1.47. The van der Waals surface area contributed by atoms with Crippen LogP contribution in [0.2, 0.25) is 0 Å². The quantitative estimate of drug-likeness (QED) is 0.666. The van der Waals surface area contributed by atoms with Crippen molar-refractivity contribution in [3.63, 3.8) is 0 Å². The Labute approximate surface area is 150 Å². The van der Waals surface area contributed by atoms with Gasteiger partial charge < -0.3 is 0 Å². The molecule has 2 aromatic heterocycles. The van der Waals surface area contributed by atoms with Gasteiger partial charge in [0.25, 0.3) is 5.91 Å². The van der Waals surface area contributed by atoms with E-state index < -0.39 is 0 Å². The lowest BCUT2D eigenvalue weighted by Crippen LogP contribution is -2.32. The first kappa shape index (κ1) is 17.2. The number of thiazole rings is 1. The van der Waals surface area contributed by atoms with E-state index in [2.05, 4.69) is 9.97 Å². The van der Waals surface area contributed by atoms with E-state index in [1.54, 1.807) is 23.2 Å². The Bertz CT molecular complexity index is 862. The van der Waals surface area contributed by atoms with Crippen molar-refractivity contribution in [2.45, 2.75) is 20.3 Å². The summed E-state index contributed by atoms with van der Waals surface area (Å²) in [6.45, 7) is 4.42. The van der Waals surface area contributed by atoms with Gasteiger partial charge in [-0.05, 0) is 49.7 Å². The molecule has 1 amide bonds. The van der Waals surface area contributed by atoms with Gasteiger partial charge in [0.15, 0.2) is 0 Å². The molecule has 25 heavy (non-hydrogen) atoms. The molecule has 0 spiro atoms. The molecule has 128 valence electrons. The van der Waals surface area contributed by atoms with Crippen LogP contribution < -0.4 is 4.90 Å². The zero-order chi connectivity index (χ0) is 17.8. The normalized spacial score (nSPS) is 10.7. The summed E-state index contributed by atoms with van der Waals surface area (Å²) in [7, 11) is 0. The Morgan fingerprint density at radius 1 is 1.20 bits per heavy atom. The maximum absolute atomic E-state index is 13.1. The molecule has 0 fully saturated rings. The summed E-state index contributed by atoms with van der Waals surface area (Å²) in [4.78, 5) is 24.1. The number of aryl methyl sites for hydroxylation is 1. The molecule has 1 aromatic carbocycles. The van der Waals surface area contributed by atoms with Crippen LogP contribution in [0, 0.1) is 12.7 Å². The monoisotopic (exact) mass is 355 g/mol. The minimum Gasteiger partial charge on any atom is -0.292 e. The molecular formula is C19H18FN3OS. The number of hydrogen-bond acceptors (Lipinski definition) is 4. The lowest BCUT2D eigenvalue weighted by atomic mass is 10.2. The van der Waals surface area contributed by atoms with Crippen molar-refractivity contribution < 1.29 is 9.18 Å². The zero-order valence-electron chi connectivity index (χ0n) is 14.1. The molecule has 0 N–H and O–H groups in total. The molecule has 3 aromatic rings. The van der Waals surface area contributed by atoms with E-state index in [-0.39, 0.29) is 11.7 Å². The van der Waals surface area contributed by atoms with Crippen molar-refractivity contribution in [3.05, 3.63) is 65.0 Å². The second-order valence-electron chi connectivity index (χ2n) is 5.59. The van der Waals surface area contributed by atoms with E-state index in [1.807, 2.05) is 32.0 Å². The molecule has 0 saturated heterocycles. The van der Waals surface area contributed by atoms with E-state index in [9.17, 15) is 9.18 Å². The van der Waals surface area contributed by atoms with Gasteiger partial charge in [-0.2, -0.15) is 0 Å². The lowest BCUT2D eigenvalue weighted by Gasteiger charge is -2.20. The highest BCUT2D eigenvalue weighted by Crippen LogP contribution is 2.29. The molecule has 0 saturated carbocycles. The summed E-state index contributed by atoms with van der Waals surface area (Å²) < 4.78 is 13.1. The van der Waals surface area contributed by atoms with Crippen LogP contribution in [0.4, 0.5) is 10.2 Å². The van der Waals surface area contributed by atoms with Crippen molar-refractivity contribution in [3.8, 4) is 10.6 Å². The summed E-state index contributed by atoms with van der Waals surface area (Å²) in [6.07, 6.45) is 2.50. The van der Waals surface area contributed by atoms with Gasteiger partial charge in [-0.1, -0.05) is 13.0 Å². The summed E-state index contributed by atoms with van der Waals surface area (Å²) in [5, 5.41) is 0.707. The number of rotatable bonds is 5. The van der Waals surface area contributed by atoms with Gasteiger partial charge in [-0.15, -0.1) is 11.3 Å². The number of amides is 1. The van der Waals surface area contributed by atoms with Crippen molar-refractivity contribution in [1.82, 2.24) is 9.97 Å². The largest absolute Gasteiger partial charge is 0.292 e. The molecule has 4 nitrogen and oxygen atoms in total. The van der Waals surface area contributed by atoms with Crippen molar-refractivity contribution in [2.24, 2.45) is 0 Å². The Morgan fingerprint density at radius 2 is 1.96 bits per heavy atom. The van der Waals surface area contributed by atoms with Crippen LogP contribution in [0.3, 0.4) is 0 Å². The van der Waals surface area contributed by atoms with Crippen molar-refractivity contribution >= 4 is 23.1 Å². The van der Waals surface area contributed by atoms with Crippen LogP contribution in [0.1, 0.15) is 28.7 Å². The first-order valence-electron chi connectivity index (χ1n) is 8.06. The predicted octanol–water partition coefficient (Wildman–Crippen LogP) is 4.71. The molecule has 0 aliphatic carbocycles. The first-order valence-corrected chi connectivity index (χ1v) is 8.88. The number of carbonyl (C=O) groups is 1. The number of pyridine rings is 1. The van der Waals surface area contributed by atoms with Gasteiger partial charge in [0.2, 0.25) is 0 Å². The highest BCUT2D eigenvalue weighted by molar-refractivity contribution is 7.17. The molecular weight excluding hydrogens is 337 g/mol. The molecule has 3 rings (SSSR count). The maximum atomic E-state index is 13.1. The van der Waals surface area contributed by atoms with Crippen LogP contribution >= 0.6 is 11.3 Å². The Morgan fingerprint density at radius 3 is 2.60 bits per heavy atom. The average Bonchev–Trinajstić information content (AvgIpc) is 3.02. The number of hydrogen-bond donors (Lipinski definition) is 0. The third-order valence-electron chi connectivity index (χ3n) is 3.70. The lowest BCUT2D eigenvalue weighted by molar-refractivity contribution is 0.0989. The molecule has 6 heteroatoms. The molecule has 2 heterocycles. The van der Waals surface area contributed by atoms with Gasteiger partial charge in [0.1, 0.15) is 21.5 Å². The number of anilines is 1. The minimum atomic E-state index is -0.294. The molecule has 0 bridgehead atoms. The molecule has 0 aliphatic rings. The van der Waals surface area contributed by atoms with Gasteiger partial charge in [0, 0.05) is 18.3 Å². The van der Waals surface area contributed by atoms with Gasteiger partial charge in [-0.3, -0.25) is 9.69 Å². The molecule has 0 atom stereocenters. The van der Waals surface area contributed by atoms with E-state index in [0.717, 1.165) is 12.0 Å². The third-order valence-corrected chi connectivity index (χ3v) is 4.89. The standard InChI is InChI=1S/C19H18FN3OS/c1-3-12-23(16-6-4-5-11-21-16)19(24)17-13(2)22-18(25-17)14-7-9-15(20)10-8-14/h4-11H,3,12H2,1-2H3. The van der Waals surface area contributed by atoms with Crippen LogP contribution in [-0.2, 0) is 0 Å². The maximum Gasteiger partial charge on any atom is 0.271 e.